The Balaban J connectivity index is 2.64. The molecule has 0 bridgehead atoms. The Morgan fingerprint density at radius 3 is 2.72 bits per heavy atom. The van der Waals surface area contributed by atoms with Gasteiger partial charge in [-0.1, -0.05) is 24.8 Å². The van der Waals surface area contributed by atoms with Crippen LogP contribution in [0.2, 0.25) is 0 Å². The average Bonchev–Trinajstić information content (AvgIpc) is 2.34. The van der Waals surface area contributed by atoms with Crippen LogP contribution in [0.25, 0.3) is 0 Å². The summed E-state index contributed by atoms with van der Waals surface area (Å²) in [6.45, 7) is 9.49. The van der Waals surface area contributed by atoms with Crippen molar-refractivity contribution >= 4 is 10.1 Å². The normalized spacial score (nSPS) is 21.3. The quantitative estimate of drug-likeness (QED) is 0.593. The topological polar surface area (TPSA) is 57.6 Å². The minimum absolute atomic E-state index is 0.0246. The molecule has 4 nitrogen and oxygen atoms in total. The molecule has 0 aromatic heterocycles. The highest BCUT2D eigenvalue weighted by molar-refractivity contribution is 7.86. The predicted molar refractivity (Wildman–Crippen MR) is 73.7 cm³/mol. The van der Waals surface area contributed by atoms with Gasteiger partial charge in [0.25, 0.3) is 10.1 Å². The van der Waals surface area contributed by atoms with Crippen molar-refractivity contribution in [2.24, 2.45) is 0 Å². The van der Waals surface area contributed by atoms with Gasteiger partial charge >= 0.3 is 0 Å². The fourth-order valence-electron chi connectivity index (χ4n) is 1.67. The van der Waals surface area contributed by atoms with E-state index in [0.29, 0.717) is 13.0 Å². The van der Waals surface area contributed by atoms with Gasteiger partial charge in [-0.05, 0) is 25.0 Å². The highest BCUT2D eigenvalue weighted by Crippen LogP contribution is 2.17. The molecule has 1 aliphatic heterocycles. The molecule has 1 heterocycles. The first kappa shape index (κ1) is 14.7. The molecular weight excluding hydrogens is 250 g/mol. The minimum atomic E-state index is -3.95. The summed E-state index contributed by atoms with van der Waals surface area (Å²) in [4.78, 5) is 1.97. The molecule has 0 fully saturated rings. The van der Waals surface area contributed by atoms with E-state index in [9.17, 15) is 8.42 Å². The number of allylic oxidation sites excluding steroid dienone is 3. The van der Waals surface area contributed by atoms with Crippen LogP contribution >= 0.6 is 0 Å². The summed E-state index contributed by atoms with van der Waals surface area (Å²) in [6, 6.07) is 0.0246. The third-order valence-corrected chi connectivity index (χ3v) is 4.24. The third kappa shape index (κ3) is 3.85. The van der Waals surface area contributed by atoms with Gasteiger partial charge in [-0.25, -0.2) is 0 Å². The largest absolute Gasteiger partial charge is 0.367 e. The lowest BCUT2D eigenvalue weighted by atomic mass is 10.1. The molecule has 0 aromatic rings. The van der Waals surface area contributed by atoms with Crippen molar-refractivity contribution in [1.29, 1.82) is 0 Å². The van der Waals surface area contributed by atoms with E-state index in [0.717, 1.165) is 5.57 Å². The smallest absolute Gasteiger partial charge is 0.267 e. The molecule has 1 N–H and O–H groups in total. The number of rotatable bonds is 6. The first-order chi connectivity index (χ1) is 8.38. The Morgan fingerprint density at radius 1 is 1.56 bits per heavy atom. The van der Waals surface area contributed by atoms with Crippen LogP contribution in [0.3, 0.4) is 0 Å². The molecule has 0 aromatic carbocycles. The zero-order chi connectivity index (χ0) is 13.8. The molecule has 0 radical (unpaired) electrons. The Bertz CT molecular complexity index is 476. The summed E-state index contributed by atoms with van der Waals surface area (Å²) < 4.78 is 30.8. The van der Waals surface area contributed by atoms with Gasteiger partial charge in [0.1, 0.15) is 0 Å². The molecule has 1 rings (SSSR count). The maximum absolute atomic E-state index is 10.9. The first-order valence-electron chi connectivity index (χ1n) is 5.75. The molecule has 100 valence electrons. The zero-order valence-electron chi connectivity index (χ0n) is 10.5. The first-order valence-corrected chi connectivity index (χ1v) is 7.26. The minimum Gasteiger partial charge on any atom is -0.367 e. The molecule has 0 spiro atoms. The van der Waals surface area contributed by atoms with Crippen molar-refractivity contribution < 1.29 is 13.0 Å². The monoisotopic (exact) mass is 269 g/mol. The molecule has 2 atom stereocenters. The number of nitrogens with zero attached hydrogens (tertiary/aromatic N) is 1. The lowest BCUT2D eigenvalue weighted by molar-refractivity contribution is 0.344. The average molecular weight is 269 g/mol. The van der Waals surface area contributed by atoms with Crippen LogP contribution in [0.5, 0.6) is 0 Å². The van der Waals surface area contributed by atoms with Crippen LogP contribution in [0.4, 0.5) is 0 Å². The second kappa shape index (κ2) is 6.02. The van der Waals surface area contributed by atoms with Gasteiger partial charge in [0.2, 0.25) is 0 Å². The summed E-state index contributed by atoms with van der Waals surface area (Å²) in [5.74, 6) is 0. The predicted octanol–water partition coefficient (Wildman–Crippen LogP) is 2.15. The van der Waals surface area contributed by atoms with Crippen LogP contribution < -0.4 is 0 Å². The van der Waals surface area contributed by atoms with Crippen LogP contribution in [-0.2, 0) is 10.1 Å². The Hall–Kier alpha value is -1.33. The maximum Gasteiger partial charge on any atom is 0.267 e. The van der Waals surface area contributed by atoms with Gasteiger partial charge in [-0.3, -0.25) is 4.55 Å². The lowest BCUT2D eigenvalue weighted by Gasteiger charge is -2.30. The van der Waals surface area contributed by atoms with Crippen molar-refractivity contribution in [2.75, 3.05) is 6.54 Å². The Kier molecular flexibility index (Phi) is 4.93. The summed E-state index contributed by atoms with van der Waals surface area (Å²) in [6.07, 6.45) is 9.70. The van der Waals surface area contributed by atoms with E-state index in [1.54, 1.807) is 12.2 Å². The molecule has 2 unspecified atom stereocenters. The summed E-state index contributed by atoms with van der Waals surface area (Å²) in [7, 11) is -3.95. The summed E-state index contributed by atoms with van der Waals surface area (Å²) >= 11 is 0. The van der Waals surface area contributed by atoms with Crippen molar-refractivity contribution in [3.05, 3.63) is 49.2 Å². The van der Waals surface area contributed by atoms with Crippen molar-refractivity contribution in [1.82, 2.24) is 4.90 Å². The van der Waals surface area contributed by atoms with Gasteiger partial charge in [0.05, 0.1) is 11.3 Å². The molecule has 0 saturated carbocycles. The molecule has 0 aliphatic carbocycles. The van der Waals surface area contributed by atoms with Crippen LogP contribution in [-0.4, -0.2) is 35.7 Å². The van der Waals surface area contributed by atoms with Crippen LogP contribution in [0.1, 0.15) is 13.3 Å². The summed E-state index contributed by atoms with van der Waals surface area (Å²) in [5.41, 5.74) is 1.01. The van der Waals surface area contributed by atoms with Crippen molar-refractivity contribution in [3.63, 3.8) is 0 Å². The van der Waals surface area contributed by atoms with E-state index in [1.807, 2.05) is 23.3 Å². The van der Waals surface area contributed by atoms with Gasteiger partial charge < -0.3 is 4.90 Å². The summed E-state index contributed by atoms with van der Waals surface area (Å²) in [5, 5.41) is -0.763. The van der Waals surface area contributed by atoms with Gasteiger partial charge in [0, 0.05) is 12.7 Å². The SMILES string of the molecule is C=CC1=CC(C=C)N(CCC(C)S(=O)(=O)O)C=C1. The maximum atomic E-state index is 10.9. The second-order valence-corrected chi connectivity index (χ2v) is 6.10. The molecule has 0 amide bonds. The van der Waals surface area contributed by atoms with Crippen molar-refractivity contribution in [3.8, 4) is 0 Å². The van der Waals surface area contributed by atoms with Crippen LogP contribution in [0.15, 0.2) is 49.2 Å². The van der Waals surface area contributed by atoms with E-state index >= 15 is 0 Å². The third-order valence-electron chi connectivity index (χ3n) is 2.98. The van der Waals surface area contributed by atoms with Crippen molar-refractivity contribution in [2.45, 2.75) is 24.6 Å². The number of hydrogen-bond donors (Lipinski definition) is 1. The highest BCUT2D eigenvalue weighted by Gasteiger charge is 2.20. The van der Waals surface area contributed by atoms with Gasteiger partial charge in [-0.15, -0.1) is 6.58 Å². The standard InChI is InChI=1S/C13H19NO3S/c1-4-12-7-9-14(13(5-2)10-12)8-6-11(3)18(15,16)17/h4-5,7,9-11,13H,1-2,6,8H2,3H3,(H,15,16,17). The lowest BCUT2D eigenvalue weighted by Crippen LogP contribution is -2.33. The fraction of sp³-hybridized carbons (Fsp3) is 0.385. The molecule has 18 heavy (non-hydrogen) atoms. The van der Waals surface area contributed by atoms with Gasteiger partial charge in [0.15, 0.2) is 0 Å². The number of hydrogen-bond acceptors (Lipinski definition) is 3. The molecule has 0 saturated heterocycles. The molecule has 5 heteroatoms. The zero-order valence-corrected chi connectivity index (χ0v) is 11.3. The molecule has 1 aliphatic rings. The second-order valence-electron chi connectivity index (χ2n) is 4.26. The molecular formula is C13H19NO3S. The fourth-order valence-corrected chi connectivity index (χ4v) is 2.08. The Labute approximate surface area is 109 Å². The Morgan fingerprint density at radius 2 is 2.22 bits per heavy atom. The van der Waals surface area contributed by atoms with E-state index in [1.165, 1.54) is 6.92 Å². The van der Waals surface area contributed by atoms with E-state index < -0.39 is 15.4 Å². The van der Waals surface area contributed by atoms with E-state index in [4.69, 9.17) is 4.55 Å². The van der Waals surface area contributed by atoms with E-state index in [-0.39, 0.29) is 6.04 Å². The highest BCUT2D eigenvalue weighted by atomic mass is 32.2. The van der Waals surface area contributed by atoms with Crippen LogP contribution in [0, 0.1) is 0 Å². The van der Waals surface area contributed by atoms with Gasteiger partial charge in [-0.2, -0.15) is 8.42 Å². The van der Waals surface area contributed by atoms with E-state index in [2.05, 4.69) is 13.2 Å².